The van der Waals surface area contributed by atoms with E-state index in [1.807, 2.05) is 25.1 Å². The van der Waals surface area contributed by atoms with Crippen LogP contribution in [0.4, 0.5) is 11.4 Å². The van der Waals surface area contributed by atoms with Crippen LogP contribution in [-0.2, 0) is 4.79 Å². The van der Waals surface area contributed by atoms with Gasteiger partial charge in [-0.1, -0.05) is 29.8 Å². The summed E-state index contributed by atoms with van der Waals surface area (Å²) >= 11 is 5.94. The van der Waals surface area contributed by atoms with Gasteiger partial charge in [-0.2, -0.15) is 0 Å². The molecule has 0 bridgehead atoms. The van der Waals surface area contributed by atoms with Gasteiger partial charge in [-0.15, -0.1) is 0 Å². The van der Waals surface area contributed by atoms with E-state index in [2.05, 4.69) is 10.6 Å². The third kappa shape index (κ3) is 5.05. The smallest absolute Gasteiger partial charge is 0.271 e. The van der Waals surface area contributed by atoms with Crippen molar-refractivity contribution in [3.8, 4) is 0 Å². The Bertz CT molecular complexity index is 721. The van der Waals surface area contributed by atoms with Crippen LogP contribution in [0.25, 0.3) is 0 Å². The third-order valence-corrected chi connectivity index (χ3v) is 3.49. The quantitative estimate of drug-likeness (QED) is 0.625. The van der Waals surface area contributed by atoms with E-state index in [0.29, 0.717) is 10.7 Å². The Morgan fingerprint density at radius 2 is 2.00 bits per heavy atom. The maximum absolute atomic E-state index is 11.9. The van der Waals surface area contributed by atoms with Crippen LogP contribution < -0.4 is 10.6 Å². The van der Waals surface area contributed by atoms with Crippen molar-refractivity contribution in [1.29, 1.82) is 0 Å². The zero-order valence-corrected chi connectivity index (χ0v) is 13.2. The van der Waals surface area contributed by atoms with Crippen LogP contribution in [0, 0.1) is 10.1 Å². The van der Waals surface area contributed by atoms with E-state index in [1.165, 1.54) is 18.2 Å². The molecule has 0 fully saturated rings. The van der Waals surface area contributed by atoms with Crippen molar-refractivity contribution in [2.24, 2.45) is 0 Å². The Morgan fingerprint density at radius 1 is 1.26 bits per heavy atom. The van der Waals surface area contributed by atoms with Crippen molar-refractivity contribution in [3.05, 3.63) is 69.2 Å². The van der Waals surface area contributed by atoms with Crippen molar-refractivity contribution in [2.75, 3.05) is 11.9 Å². The minimum Gasteiger partial charge on any atom is -0.325 e. The fourth-order valence-electron chi connectivity index (χ4n) is 2.04. The largest absolute Gasteiger partial charge is 0.325 e. The summed E-state index contributed by atoms with van der Waals surface area (Å²) in [5.41, 5.74) is 1.30. The highest BCUT2D eigenvalue weighted by atomic mass is 35.5. The van der Waals surface area contributed by atoms with Crippen LogP contribution in [0.5, 0.6) is 0 Å². The summed E-state index contributed by atoms with van der Waals surface area (Å²) in [7, 11) is 0. The molecule has 0 spiro atoms. The molecule has 2 N–H and O–H groups in total. The van der Waals surface area contributed by atoms with Crippen molar-refractivity contribution >= 4 is 28.9 Å². The molecule has 0 unspecified atom stereocenters. The highest BCUT2D eigenvalue weighted by Gasteiger charge is 2.10. The maximum atomic E-state index is 11.9. The second kappa shape index (κ2) is 7.71. The molecule has 0 aliphatic rings. The summed E-state index contributed by atoms with van der Waals surface area (Å²) in [5.74, 6) is -0.278. The molecule has 0 aliphatic carbocycles. The highest BCUT2D eigenvalue weighted by Crippen LogP contribution is 2.18. The third-order valence-electron chi connectivity index (χ3n) is 3.26. The van der Waals surface area contributed by atoms with Gasteiger partial charge in [0.2, 0.25) is 5.91 Å². The van der Waals surface area contributed by atoms with E-state index in [-0.39, 0.29) is 24.2 Å². The van der Waals surface area contributed by atoms with Gasteiger partial charge in [0, 0.05) is 28.9 Å². The molecular formula is C16H16ClN3O3. The summed E-state index contributed by atoms with van der Waals surface area (Å²) in [4.78, 5) is 22.1. The molecule has 2 aromatic rings. The number of carbonyl (C=O) groups is 1. The molecule has 0 aliphatic heterocycles. The van der Waals surface area contributed by atoms with Crippen LogP contribution in [0.2, 0.25) is 5.02 Å². The fraction of sp³-hybridized carbons (Fsp3) is 0.188. The molecule has 0 radical (unpaired) electrons. The van der Waals surface area contributed by atoms with Crippen molar-refractivity contribution < 1.29 is 9.72 Å². The Balaban J connectivity index is 1.90. The van der Waals surface area contributed by atoms with Gasteiger partial charge in [0.1, 0.15) is 0 Å². The topological polar surface area (TPSA) is 84.3 Å². The summed E-state index contributed by atoms with van der Waals surface area (Å²) in [6.07, 6.45) is 0. The number of nitrogens with one attached hydrogen (secondary N) is 2. The molecule has 7 heteroatoms. The van der Waals surface area contributed by atoms with Gasteiger partial charge in [0.05, 0.1) is 11.5 Å². The minimum absolute atomic E-state index is 0.0513. The standard InChI is InChI=1S/C16H16ClN3O3/c1-11(12-4-2-5-13(17)8-12)18-10-16(21)19-14-6-3-7-15(9-14)20(22)23/h2-9,11,18H,10H2,1H3,(H,19,21)/t11-/m1/s1. The summed E-state index contributed by atoms with van der Waals surface area (Å²) in [5, 5.41) is 17.0. The van der Waals surface area contributed by atoms with E-state index in [4.69, 9.17) is 11.6 Å². The molecular weight excluding hydrogens is 318 g/mol. The normalized spacial score (nSPS) is 11.7. The lowest BCUT2D eigenvalue weighted by atomic mass is 10.1. The Morgan fingerprint density at radius 3 is 2.70 bits per heavy atom. The molecule has 0 aromatic heterocycles. The number of nitrogens with zero attached hydrogens (tertiary/aromatic N) is 1. The van der Waals surface area contributed by atoms with Gasteiger partial charge in [0.15, 0.2) is 0 Å². The van der Waals surface area contributed by atoms with E-state index in [0.717, 1.165) is 5.56 Å². The number of benzene rings is 2. The Hall–Kier alpha value is -2.44. The summed E-state index contributed by atoms with van der Waals surface area (Å²) < 4.78 is 0. The fourth-order valence-corrected chi connectivity index (χ4v) is 2.24. The van der Waals surface area contributed by atoms with E-state index < -0.39 is 4.92 Å². The maximum Gasteiger partial charge on any atom is 0.271 e. The number of anilines is 1. The number of rotatable bonds is 6. The molecule has 2 rings (SSSR count). The molecule has 1 amide bonds. The number of hydrogen-bond acceptors (Lipinski definition) is 4. The lowest BCUT2D eigenvalue weighted by Crippen LogP contribution is -2.30. The predicted molar refractivity (Wildman–Crippen MR) is 89.6 cm³/mol. The van der Waals surface area contributed by atoms with Gasteiger partial charge in [0.25, 0.3) is 5.69 Å². The predicted octanol–water partition coefficient (Wildman–Crippen LogP) is 3.54. The van der Waals surface area contributed by atoms with Crippen molar-refractivity contribution in [1.82, 2.24) is 5.32 Å². The summed E-state index contributed by atoms with van der Waals surface area (Å²) in [6.45, 7) is 2.00. The second-order valence-corrected chi connectivity index (χ2v) is 5.45. The zero-order chi connectivity index (χ0) is 16.8. The first-order valence-corrected chi connectivity index (χ1v) is 7.36. The molecule has 0 saturated carbocycles. The number of carbonyl (C=O) groups excluding carboxylic acids is 1. The van der Waals surface area contributed by atoms with Crippen LogP contribution in [0.1, 0.15) is 18.5 Å². The van der Waals surface area contributed by atoms with Gasteiger partial charge in [-0.05, 0) is 30.7 Å². The second-order valence-electron chi connectivity index (χ2n) is 5.01. The molecule has 23 heavy (non-hydrogen) atoms. The van der Waals surface area contributed by atoms with Crippen molar-refractivity contribution in [3.63, 3.8) is 0 Å². The SMILES string of the molecule is C[C@@H](NCC(=O)Nc1cccc([N+](=O)[O-])c1)c1cccc(Cl)c1. The average Bonchev–Trinajstić information content (AvgIpc) is 2.53. The van der Waals surface area contributed by atoms with E-state index in [1.54, 1.807) is 12.1 Å². The van der Waals surface area contributed by atoms with E-state index in [9.17, 15) is 14.9 Å². The minimum atomic E-state index is -0.505. The average molecular weight is 334 g/mol. The van der Waals surface area contributed by atoms with Crippen molar-refractivity contribution in [2.45, 2.75) is 13.0 Å². The molecule has 120 valence electrons. The summed E-state index contributed by atoms with van der Waals surface area (Å²) in [6, 6.07) is 13.1. The van der Waals surface area contributed by atoms with Gasteiger partial charge in [-0.25, -0.2) is 0 Å². The van der Waals surface area contributed by atoms with Crippen LogP contribution in [-0.4, -0.2) is 17.4 Å². The Kier molecular flexibility index (Phi) is 5.67. The van der Waals surface area contributed by atoms with Gasteiger partial charge >= 0.3 is 0 Å². The van der Waals surface area contributed by atoms with Gasteiger partial charge in [-0.3, -0.25) is 14.9 Å². The molecule has 0 saturated heterocycles. The molecule has 2 aromatic carbocycles. The lowest BCUT2D eigenvalue weighted by Gasteiger charge is -2.14. The van der Waals surface area contributed by atoms with Gasteiger partial charge < -0.3 is 10.6 Å². The number of nitro groups is 1. The molecule has 0 heterocycles. The monoisotopic (exact) mass is 333 g/mol. The zero-order valence-electron chi connectivity index (χ0n) is 12.5. The number of non-ortho nitro benzene ring substituents is 1. The number of halogens is 1. The number of nitro benzene ring substituents is 1. The van der Waals surface area contributed by atoms with Crippen LogP contribution in [0.15, 0.2) is 48.5 Å². The van der Waals surface area contributed by atoms with Crippen LogP contribution >= 0.6 is 11.6 Å². The molecule has 1 atom stereocenters. The molecule has 6 nitrogen and oxygen atoms in total. The lowest BCUT2D eigenvalue weighted by molar-refractivity contribution is -0.384. The highest BCUT2D eigenvalue weighted by molar-refractivity contribution is 6.30. The number of amides is 1. The number of hydrogen-bond donors (Lipinski definition) is 2. The van der Waals surface area contributed by atoms with Crippen LogP contribution in [0.3, 0.4) is 0 Å². The first-order valence-electron chi connectivity index (χ1n) is 6.99. The Labute approximate surface area is 138 Å². The van der Waals surface area contributed by atoms with E-state index >= 15 is 0 Å². The first kappa shape index (κ1) is 16.9. The first-order chi connectivity index (χ1) is 11.0.